The molecule has 2 atom stereocenters. The van der Waals surface area contributed by atoms with Gasteiger partial charge in [0, 0.05) is 18.7 Å². The Hall–Kier alpha value is -1.90. The lowest BCUT2D eigenvalue weighted by Crippen LogP contribution is -2.48. The number of amides is 1. The Labute approximate surface area is 124 Å². The van der Waals surface area contributed by atoms with Crippen LogP contribution in [0.2, 0.25) is 0 Å². The number of hydrogen-bond donors (Lipinski definition) is 1. The summed E-state index contributed by atoms with van der Waals surface area (Å²) in [5, 5.41) is 0. The van der Waals surface area contributed by atoms with Crippen molar-refractivity contribution in [3.05, 3.63) is 35.1 Å². The zero-order valence-electron chi connectivity index (χ0n) is 12.2. The molecule has 0 saturated carbocycles. The van der Waals surface area contributed by atoms with E-state index in [4.69, 9.17) is 10.5 Å². The van der Waals surface area contributed by atoms with Gasteiger partial charge in [0.2, 0.25) is 0 Å². The second-order valence-electron chi connectivity index (χ2n) is 5.16. The van der Waals surface area contributed by atoms with Gasteiger partial charge in [-0.05, 0) is 32.0 Å². The lowest BCUT2D eigenvalue weighted by molar-refractivity contribution is -0.0586. The zero-order chi connectivity index (χ0) is 15.4. The van der Waals surface area contributed by atoms with Crippen LogP contribution in [-0.4, -0.2) is 42.6 Å². The van der Waals surface area contributed by atoms with Crippen molar-refractivity contribution in [2.24, 2.45) is 5.73 Å². The number of benzene rings is 1. The first-order chi connectivity index (χ1) is 10.0. The summed E-state index contributed by atoms with van der Waals surface area (Å²) in [5.41, 5.74) is 6.11. The van der Waals surface area contributed by atoms with Gasteiger partial charge in [0.25, 0.3) is 5.91 Å². The Balaban J connectivity index is 2.30. The van der Waals surface area contributed by atoms with Gasteiger partial charge in [-0.2, -0.15) is 0 Å². The molecule has 0 aliphatic carbocycles. The second-order valence-corrected chi connectivity index (χ2v) is 5.16. The zero-order valence-corrected chi connectivity index (χ0v) is 12.2. The molecule has 1 heterocycles. The fourth-order valence-electron chi connectivity index (χ4n) is 2.47. The molecule has 1 amide bonds. The highest BCUT2D eigenvalue weighted by molar-refractivity contribution is 5.96. The molecule has 2 N–H and O–H groups in total. The van der Waals surface area contributed by atoms with Crippen LogP contribution in [0.3, 0.4) is 0 Å². The minimum absolute atomic E-state index is 0.0169. The fraction of sp³-hybridized carbons (Fsp3) is 0.438. The van der Waals surface area contributed by atoms with Crippen LogP contribution in [0.5, 0.6) is 0 Å². The minimum Gasteiger partial charge on any atom is -0.372 e. The molecule has 21 heavy (non-hydrogen) atoms. The van der Waals surface area contributed by atoms with E-state index in [0.717, 1.165) is 0 Å². The molecule has 5 heteroatoms. The van der Waals surface area contributed by atoms with Gasteiger partial charge >= 0.3 is 0 Å². The molecule has 1 aromatic rings. The van der Waals surface area contributed by atoms with E-state index in [1.165, 1.54) is 18.2 Å². The number of nitrogens with two attached hydrogens (primary N) is 1. The number of halogens is 1. The van der Waals surface area contributed by atoms with Crippen molar-refractivity contribution in [2.45, 2.75) is 26.1 Å². The molecule has 0 aromatic heterocycles. The van der Waals surface area contributed by atoms with E-state index in [9.17, 15) is 9.18 Å². The summed E-state index contributed by atoms with van der Waals surface area (Å²) in [6.45, 7) is 5.05. The smallest absolute Gasteiger partial charge is 0.255 e. The predicted molar refractivity (Wildman–Crippen MR) is 78.2 cm³/mol. The van der Waals surface area contributed by atoms with Gasteiger partial charge in [0.1, 0.15) is 5.82 Å². The molecular weight excluding hydrogens is 271 g/mol. The van der Waals surface area contributed by atoms with Crippen molar-refractivity contribution in [3.63, 3.8) is 0 Å². The van der Waals surface area contributed by atoms with E-state index < -0.39 is 5.82 Å². The number of hydrogen-bond acceptors (Lipinski definition) is 3. The van der Waals surface area contributed by atoms with Crippen LogP contribution < -0.4 is 5.73 Å². The summed E-state index contributed by atoms with van der Waals surface area (Å²) in [5.74, 6) is 4.85. The Morgan fingerprint density at radius 2 is 2.10 bits per heavy atom. The van der Waals surface area contributed by atoms with E-state index in [0.29, 0.717) is 24.2 Å². The number of carbonyl (C=O) groups is 1. The number of nitrogens with zero attached hydrogens (tertiary/aromatic N) is 1. The maximum absolute atomic E-state index is 13.4. The lowest BCUT2D eigenvalue weighted by atomic mass is 10.1. The maximum Gasteiger partial charge on any atom is 0.255 e. The molecule has 0 bridgehead atoms. The quantitative estimate of drug-likeness (QED) is 0.795. The van der Waals surface area contributed by atoms with Crippen LogP contribution in [0.15, 0.2) is 18.2 Å². The van der Waals surface area contributed by atoms with E-state index in [1.54, 1.807) is 4.90 Å². The third-order valence-corrected chi connectivity index (χ3v) is 3.24. The molecule has 1 fully saturated rings. The number of carbonyl (C=O) groups excluding carboxylic acids is 1. The molecule has 2 rings (SSSR count). The Morgan fingerprint density at radius 3 is 2.71 bits per heavy atom. The van der Waals surface area contributed by atoms with Crippen molar-refractivity contribution >= 4 is 5.91 Å². The van der Waals surface area contributed by atoms with Crippen molar-refractivity contribution in [1.82, 2.24) is 4.90 Å². The van der Waals surface area contributed by atoms with Gasteiger partial charge in [-0.25, -0.2) is 4.39 Å². The molecule has 1 aliphatic rings. The van der Waals surface area contributed by atoms with Crippen LogP contribution in [0.1, 0.15) is 29.8 Å². The van der Waals surface area contributed by atoms with Crippen molar-refractivity contribution in [2.75, 3.05) is 19.6 Å². The van der Waals surface area contributed by atoms with Crippen LogP contribution in [0.25, 0.3) is 0 Å². The van der Waals surface area contributed by atoms with Crippen LogP contribution in [0.4, 0.5) is 4.39 Å². The number of morpholine rings is 1. The number of ether oxygens (including phenoxy) is 1. The molecule has 4 nitrogen and oxygen atoms in total. The molecule has 112 valence electrons. The summed E-state index contributed by atoms with van der Waals surface area (Å²) < 4.78 is 19.0. The topological polar surface area (TPSA) is 55.6 Å². The van der Waals surface area contributed by atoms with Crippen molar-refractivity contribution in [1.29, 1.82) is 0 Å². The molecule has 0 radical (unpaired) electrons. The molecule has 1 aliphatic heterocycles. The Bertz CT molecular complexity index is 582. The average molecular weight is 290 g/mol. The first kappa shape index (κ1) is 15.5. The summed E-state index contributed by atoms with van der Waals surface area (Å²) in [6, 6.07) is 4.01. The molecule has 0 spiro atoms. The average Bonchev–Trinajstić information content (AvgIpc) is 2.43. The summed E-state index contributed by atoms with van der Waals surface area (Å²) in [4.78, 5) is 14.4. The van der Waals surface area contributed by atoms with Gasteiger partial charge in [-0.1, -0.05) is 11.8 Å². The van der Waals surface area contributed by atoms with E-state index in [1.807, 2.05) is 13.8 Å². The fourth-order valence-corrected chi connectivity index (χ4v) is 2.47. The van der Waals surface area contributed by atoms with Gasteiger partial charge in [0.15, 0.2) is 0 Å². The first-order valence-corrected chi connectivity index (χ1v) is 6.94. The van der Waals surface area contributed by atoms with Crippen LogP contribution in [0, 0.1) is 17.7 Å². The van der Waals surface area contributed by atoms with Crippen LogP contribution in [-0.2, 0) is 4.74 Å². The van der Waals surface area contributed by atoms with Gasteiger partial charge < -0.3 is 15.4 Å². The summed E-state index contributed by atoms with van der Waals surface area (Å²) >= 11 is 0. The molecule has 1 saturated heterocycles. The van der Waals surface area contributed by atoms with Gasteiger partial charge in [0.05, 0.1) is 24.3 Å². The Kier molecular flexibility index (Phi) is 4.94. The highest BCUT2D eigenvalue weighted by Crippen LogP contribution is 2.17. The van der Waals surface area contributed by atoms with Crippen LogP contribution >= 0.6 is 0 Å². The van der Waals surface area contributed by atoms with Gasteiger partial charge in [-0.15, -0.1) is 0 Å². The monoisotopic (exact) mass is 290 g/mol. The largest absolute Gasteiger partial charge is 0.372 e. The molecule has 1 aromatic carbocycles. The highest BCUT2D eigenvalue weighted by Gasteiger charge is 2.27. The lowest BCUT2D eigenvalue weighted by Gasteiger charge is -2.35. The standard InChI is InChI=1S/C16H19FN2O2/c1-11-9-19(10-12(2)21-11)16(20)15-6-5-14(17)8-13(15)4-3-7-18/h5-6,8,11-12H,7,9-10,18H2,1-2H3/t11-,12+. The first-order valence-electron chi connectivity index (χ1n) is 6.94. The Morgan fingerprint density at radius 1 is 1.43 bits per heavy atom. The van der Waals surface area contributed by atoms with E-state index in [2.05, 4.69) is 11.8 Å². The SMILES string of the molecule is C[C@@H]1CN(C(=O)c2ccc(F)cc2C#CCN)C[C@H](C)O1. The second kappa shape index (κ2) is 6.70. The normalized spacial score (nSPS) is 21.6. The molecular formula is C16H19FN2O2. The third-order valence-electron chi connectivity index (χ3n) is 3.24. The summed E-state index contributed by atoms with van der Waals surface area (Å²) in [7, 11) is 0. The van der Waals surface area contributed by atoms with E-state index in [-0.39, 0.29) is 24.7 Å². The highest BCUT2D eigenvalue weighted by atomic mass is 19.1. The molecule has 0 unspecified atom stereocenters. The minimum atomic E-state index is -0.420. The van der Waals surface area contributed by atoms with Crippen molar-refractivity contribution in [3.8, 4) is 11.8 Å². The van der Waals surface area contributed by atoms with E-state index >= 15 is 0 Å². The van der Waals surface area contributed by atoms with Gasteiger partial charge in [-0.3, -0.25) is 4.79 Å². The predicted octanol–water partition coefficient (Wildman–Crippen LogP) is 1.39. The summed E-state index contributed by atoms with van der Waals surface area (Å²) in [6.07, 6.45) is -0.0338. The maximum atomic E-state index is 13.4. The number of rotatable bonds is 1. The van der Waals surface area contributed by atoms with Crippen molar-refractivity contribution < 1.29 is 13.9 Å². The third kappa shape index (κ3) is 3.81.